The largest absolute Gasteiger partial charge is 0.491 e. The number of carboxylic acid groups (broad SMARTS) is 1. The lowest BCUT2D eigenvalue weighted by molar-refractivity contribution is -0.137. The van der Waals surface area contributed by atoms with Gasteiger partial charge < -0.3 is 20.1 Å². The van der Waals surface area contributed by atoms with Crippen LogP contribution in [0.15, 0.2) is 24.0 Å². The Balaban J connectivity index is 1.62. The summed E-state index contributed by atoms with van der Waals surface area (Å²) in [5.41, 5.74) is -1.64. The fourth-order valence-corrected chi connectivity index (χ4v) is 4.75. The number of alkyl halides is 2. The number of halogens is 2. The van der Waals surface area contributed by atoms with E-state index in [1.807, 2.05) is 0 Å². The first-order valence-electron chi connectivity index (χ1n) is 10.3. The van der Waals surface area contributed by atoms with Gasteiger partial charge in [0.2, 0.25) is 0 Å². The van der Waals surface area contributed by atoms with Crippen LogP contribution in [-0.2, 0) is 9.53 Å². The number of aliphatic hydroxyl groups excluding tert-OH is 2. The maximum atomic E-state index is 14.9. The second-order valence-electron chi connectivity index (χ2n) is 8.33. The van der Waals surface area contributed by atoms with Crippen LogP contribution in [0.4, 0.5) is 8.78 Å². The summed E-state index contributed by atoms with van der Waals surface area (Å²) in [5, 5.41) is 29.3. The van der Waals surface area contributed by atoms with Crippen molar-refractivity contribution in [2.75, 3.05) is 0 Å². The van der Waals surface area contributed by atoms with E-state index in [4.69, 9.17) is 9.84 Å². The molecule has 1 aliphatic heterocycles. The van der Waals surface area contributed by atoms with Gasteiger partial charge in [0.15, 0.2) is 6.17 Å². The van der Waals surface area contributed by atoms with E-state index in [2.05, 4.69) is 0 Å². The molecular formula is C21H30F2O5. The van der Waals surface area contributed by atoms with Crippen LogP contribution in [0.5, 0.6) is 0 Å². The predicted octanol–water partition coefficient (Wildman–Crippen LogP) is 3.45. The van der Waals surface area contributed by atoms with Gasteiger partial charge in [-0.05, 0) is 31.8 Å². The summed E-state index contributed by atoms with van der Waals surface area (Å²) in [6.07, 6.45) is 4.81. The normalized spacial score (nSPS) is 37.1. The number of hydrogen-bond acceptors (Lipinski definition) is 4. The molecule has 0 spiro atoms. The fourth-order valence-electron chi connectivity index (χ4n) is 4.75. The Labute approximate surface area is 164 Å². The van der Waals surface area contributed by atoms with Gasteiger partial charge in [0.05, 0.1) is 6.10 Å². The number of aliphatic carboxylic acids is 1. The van der Waals surface area contributed by atoms with E-state index in [0.717, 1.165) is 19.3 Å². The summed E-state index contributed by atoms with van der Waals surface area (Å²) in [6, 6.07) is 0. The third-order valence-corrected chi connectivity index (χ3v) is 6.36. The summed E-state index contributed by atoms with van der Waals surface area (Å²) in [4.78, 5) is 10.6. The first-order valence-corrected chi connectivity index (χ1v) is 10.3. The summed E-state index contributed by atoms with van der Waals surface area (Å²) in [6.45, 7) is 0. The number of unbranched alkanes of at least 4 members (excludes halogenated alkanes) is 1. The van der Waals surface area contributed by atoms with E-state index in [1.54, 1.807) is 12.2 Å². The first-order chi connectivity index (χ1) is 13.3. The molecule has 3 N–H and O–H groups in total. The molecule has 28 heavy (non-hydrogen) atoms. The number of ether oxygens (including phenoxy) is 1. The minimum absolute atomic E-state index is 0.0144. The molecule has 5 nitrogen and oxygen atoms in total. The van der Waals surface area contributed by atoms with Crippen molar-refractivity contribution in [1.82, 2.24) is 0 Å². The molecule has 7 heteroatoms. The lowest BCUT2D eigenvalue weighted by atomic mass is 9.81. The average molecular weight is 400 g/mol. The van der Waals surface area contributed by atoms with Crippen LogP contribution in [0.25, 0.3) is 0 Å². The zero-order valence-corrected chi connectivity index (χ0v) is 16.0. The van der Waals surface area contributed by atoms with Crippen LogP contribution in [0, 0.1) is 11.8 Å². The topological polar surface area (TPSA) is 87.0 Å². The van der Waals surface area contributed by atoms with Crippen LogP contribution < -0.4 is 0 Å². The third kappa shape index (κ3) is 4.57. The zero-order valence-electron chi connectivity index (χ0n) is 16.0. The van der Waals surface area contributed by atoms with Crippen molar-refractivity contribution in [2.45, 2.75) is 87.9 Å². The predicted molar refractivity (Wildman–Crippen MR) is 99.0 cm³/mol. The second kappa shape index (κ2) is 8.91. The highest BCUT2D eigenvalue weighted by atomic mass is 19.1. The molecule has 2 aliphatic carbocycles. The monoisotopic (exact) mass is 400 g/mol. The lowest BCUT2D eigenvalue weighted by Crippen LogP contribution is -2.38. The molecule has 158 valence electrons. The van der Waals surface area contributed by atoms with Crippen LogP contribution in [0.3, 0.4) is 0 Å². The number of fused-ring (bicyclic) bond motifs is 1. The minimum Gasteiger partial charge on any atom is -0.491 e. The molecule has 0 amide bonds. The van der Waals surface area contributed by atoms with Gasteiger partial charge >= 0.3 is 5.97 Å². The molecule has 0 bridgehead atoms. The average Bonchev–Trinajstić information content (AvgIpc) is 3.12. The van der Waals surface area contributed by atoms with Gasteiger partial charge in [-0.3, -0.25) is 4.79 Å². The molecule has 1 heterocycles. The number of hydrogen-bond donors (Lipinski definition) is 3. The third-order valence-electron chi connectivity index (χ3n) is 6.36. The molecule has 0 radical (unpaired) electrons. The van der Waals surface area contributed by atoms with Crippen LogP contribution >= 0.6 is 0 Å². The number of carboxylic acids is 1. The molecular weight excluding hydrogens is 370 g/mol. The highest BCUT2D eigenvalue weighted by molar-refractivity contribution is 5.66. The fraction of sp³-hybridized carbons (Fsp3) is 0.762. The van der Waals surface area contributed by atoms with Crippen molar-refractivity contribution in [1.29, 1.82) is 0 Å². The van der Waals surface area contributed by atoms with Gasteiger partial charge in [-0.2, -0.15) is 0 Å². The zero-order chi connectivity index (χ0) is 20.3. The Morgan fingerprint density at radius 2 is 2.04 bits per heavy atom. The van der Waals surface area contributed by atoms with Crippen LogP contribution in [-0.4, -0.2) is 51.4 Å². The number of carbonyl (C=O) groups is 1. The van der Waals surface area contributed by atoms with Crippen LogP contribution in [0.2, 0.25) is 0 Å². The van der Waals surface area contributed by atoms with Crippen molar-refractivity contribution in [2.24, 2.45) is 11.8 Å². The number of aliphatic hydroxyl groups is 2. The minimum atomic E-state index is -1.64. The Bertz CT molecular complexity index is 614. The van der Waals surface area contributed by atoms with Crippen molar-refractivity contribution in [3.05, 3.63) is 24.0 Å². The van der Waals surface area contributed by atoms with Crippen molar-refractivity contribution < 1.29 is 33.6 Å². The smallest absolute Gasteiger partial charge is 0.303 e. The van der Waals surface area contributed by atoms with E-state index >= 15 is 0 Å². The number of allylic oxidation sites excluding steroid dienone is 2. The maximum absolute atomic E-state index is 14.9. The van der Waals surface area contributed by atoms with E-state index in [-0.39, 0.29) is 18.6 Å². The number of rotatable bonds is 7. The summed E-state index contributed by atoms with van der Waals surface area (Å²) in [5.74, 6) is -1.83. The van der Waals surface area contributed by atoms with Gasteiger partial charge in [0.1, 0.15) is 23.6 Å². The van der Waals surface area contributed by atoms with Gasteiger partial charge in [0.25, 0.3) is 0 Å². The molecule has 6 atom stereocenters. The second-order valence-corrected chi connectivity index (χ2v) is 8.33. The van der Waals surface area contributed by atoms with Gasteiger partial charge in [-0.15, -0.1) is 0 Å². The lowest BCUT2D eigenvalue weighted by Gasteiger charge is -2.32. The molecule has 2 saturated carbocycles. The summed E-state index contributed by atoms with van der Waals surface area (Å²) >= 11 is 0. The summed E-state index contributed by atoms with van der Waals surface area (Å²) < 4.78 is 35.4. The molecule has 6 unspecified atom stereocenters. The van der Waals surface area contributed by atoms with Crippen LogP contribution in [0.1, 0.15) is 57.8 Å². The SMILES string of the molecule is O=C(O)CCCC=C1OC2CC(O)C(C=CC(O)C3(F)CCCCC3)C2C1F. The molecule has 0 aromatic carbocycles. The Hall–Kier alpha value is -1.47. The van der Waals surface area contributed by atoms with Gasteiger partial charge in [-0.25, -0.2) is 8.78 Å². The molecule has 3 aliphatic rings. The van der Waals surface area contributed by atoms with E-state index in [0.29, 0.717) is 25.7 Å². The highest BCUT2D eigenvalue weighted by Gasteiger charge is 2.53. The Morgan fingerprint density at radius 1 is 1.32 bits per heavy atom. The molecule has 3 fully saturated rings. The van der Waals surface area contributed by atoms with Crippen molar-refractivity contribution in [3.8, 4) is 0 Å². The summed E-state index contributed by atoms with van der Waals surface area (Å²) in [7, 11) is 0. The van der Waals surface area contributed by atoms with Crippen molar-refractivity contribution >= 4 is 5.97 Å². The molecule has 0 aromatic rings. The molecule has 0 aromatic heterocycles. The first kappa shape index (κ1) is 21.2. The highest BCUT2D eigenvalue weighted by Crippen LogP contribution is 2.47. The molecule has 3 rings (SSSR count). The quantitative estimate of drug-likeness (QED) is 0.450. The van der Waals surface area contributed by atoms with E-state index in [9.17, 15) is 23.8 Å². The Kier molecular flexibility index (Phi) is 6.76. The van der Waals surface area contributed by atoms with E-state index < -0.39 is 48.0 Å². The van der Waals surface area contributed by atoms with Crippen molar-refractivity contribution in [3.63, 3.8) is 0 Å². The maximum Gasteiger partial charge on any atom is 0.303 e. The molecule has 1 saturated heterocycles. The Morgan fingerprint density at radius 3 is 2.71 bits per heavy atom. The standard InChI is InChI=1S/C21H30F2O5/c22-20-15(6-2-3-7-18(26)27)28-16-12-14(24)13(19(16)20)8-9-17(25)21(23)10-4-1-5-11-21/h6,8-9,13-14,16-17,19-20,24-25H,1-5,7,10-12H2,(H,26,27). The van der Waals surface area contributed by atoms with Gasteiger partial charge in [0, 0.05) is 24.7 Å². The van der Waals surface area contributed by atoms with Gasteiger partial charge in [-0.1, -0.05) is 31.4 Å². The van der Waals surface area contributed by atoms with E-state index in [1.165, 1.54) is 6.08 Å².